The Morgan fingerprint density at radius 3 is 2.33 bits per heavy atom. The van der Waals surface area contributed by atoms with Gasteiger partial charge >= 0.3 is 12.1 Å². The number of carboxylic acid groups (broad SMARTS) is 1. The van der Waals surface area contributed by atoms with Crippen molar-refractivity contribution in [2.45, 2.75) is 51.4 Å². The summed E-state index contributed by atoms with van der Waals surface area (Å²) in [6.45, 7) is 7.89. The van der Waals surface area contributed by atoms with Gasteiger partial charge in [-0.1, -0.05) is 29.3 Å². The lowest BCUT2D eigenvalue weighted by Gasteiger charge is -2.23. The number of halogens is 3. The van der Waals surface area contributed by atoms with E-state index in [1.54, 1.807) is 6.20 Å². The fourth-order valence-electron chi connectivity index (χ4n) is 5.09. The molecule has 1 aromatic carbocycles. The van der Waals surface area contributed by atoms with E-state index in [9.17, 15) is 18.0 Å². The predicted molar refractivity (Wildman–Crippen MR) is 124 cm³/mol. The molecule has 2 aromatic heterocycles. The highest BCUT2D eigenvalue weighted by molar-refractivity contribution is 5.73. The summed E-state index contributed by atoms with van der Waals surface area (Å²) in [5.74, 6) is -1.34. The van der Waals surface area contributed by atoms with Crippen LogP contribution in [0.25, 0.3) is 11.5 Å². The number of carbonyl (C=O) groups is 1. The number of likely N-dealkylation sites (tertiary alicyclic amines) is 1. The lowest BCUT2D eigenvalue weighted by atomic mass is 9.85. The fourth-order valence-corrected chi connectivity index (χ4v) is 5.09. The molecule has 36 heavy (non-hydrogen) atoms. The normalized spacial score (nSPS) is 19.3. The minimum Gasteiger partial charge on any atom is -0.475 e. The topological polar surface area (TPSA) is 106 Å². The number of carboxylic acids is 1. The van der Waals surface area contributed by atoms with Gasteiger partial charge in [0.05, 0.1) is 0 Å². The van der Waals surface area contributed by atoms with Gasteiger partial charge in [-0.3, -0.25) is 14.3 Å². The van der Waals surface area contributed by atoms with E-state index in [4.69, 9.17) is 9.90 Å². The average molecular weight is 505 g/mol. The number of benzene rings is 1. The Morgan fingerprint density at radius 2 is 1.75 bits per heavy atom. The number of rotatable bonds is 3. The highest BCUT2D eigenvalue weighted by Crippen LogP contribution is 2.41. The summed E-state index contributed by atoms with van der Waals surface area (Å²) in [7, 11) is 1.87. The SMILES string of the molecule is Cc1cc(C)cc(CN2CCC3(CCn4c3nnc(-c3nccn3C)c4=O)C2)c1.O=C(O)C(F)(F)F. The second-order valence-electron chi connectivity index (χ2n) is 9.48. The van der Waals surface area contributed by atoms with Gasteiger partial charge in [0.25, 0.3) is 5.56 Å². The molecule has 1 spiro atoms. The van der Waals surface area contributed by atoms with Crippen molar-refractivity contribution in [1.82, 2.24) is 29.2 Å². The third-order valence-electron chi connectivity index (χ3n) is 6.63. The zero-order valence-corrected chi connectivity index (χ0v) is 20.2. The van der Waals surface area contributed by atoms with Crippen molar-refractivity contribution in [3.05, 3.63) is 63.5 Å². The molecule has 0 amide bonds. The van der Waals surface area contributed by atoms with Crippen molar-refractivity contribution in [1.29, 1.82) is 0 Å². The molecule has 2 aliphatic rings. The number of hydrogen-bond donors (Lipinski definition) is 1. The van der Waals surface area contributed by atoms with Crippen LogP contribution in [-0.2, 0) is 30.3 Å². The van der Waals surface area contributed by atoms with Gasteiger partial charge in [0.15, 0.2) is 11.5 Å². The van der Waals surface area contributed by atoms with E-state index in [0.717, 1.165) is 38.3 Å². The van der Waals surface area contributed by atoms with Gasteiger partial charge in [0, 0.05) is 44.5 Å². The lowest BCUT2D eigenvalue weighted by molar-refractivity contribution is -0.192. The molecule has 2 aliphatic heterocycles. The van der Waals surface area contributed by atoms with Crippen LogP contribution in [0, 0.1) is 13.8 Å². The van der Waals surface area contributed by atoms with Gasteiger partial charge < -0.3 is 9.67 Å². The smallest absolute Gasteiger partial charge is 0.475 e. The van der Waals surface area contributed by atoms with Gasteiger partial charge in [0.1, 0.15) is 5.82 Å². The molecule has 12 heteroatoms. The summed E-state index contributed by atoms with van der Waals surface area (Å²) in [5.41, 5.74) is 4.16. The van der Waals surface area contributed by atoms with E-state index in [-0.39, 0.29) is 11.0 Å². The number of aliphatic carboxylic acids is 1. The van der Waals surface area contributed by atoms with Crippen molar-refractivity contribution >= 4 is 5.97 Å². The van der Waals surface area contributed by atoms with Crippen molar-refractivity contribution in [3.8, 4) is 11.5 Å². The Morgan fingerprint density at radius 1 is 1.11 bits per heavy atom. The summed E-state index contributed by atoms with van der Waals surface area (Å²) in [4.78, 5) is 28.8. The molecule has 192 valence electrons. The molecule has 4 heterocycles. The molecular weight excluding hydrogens is 477 g/mol. The quantitative estimate of drug-likeness (QED) is 0.585. The zero-order valence-electron chi connectivity index (χ0n) is 20.2. The molecule has 0 aliphatic carbocycles. The Kier molecular flexibility index (Phi) is 6.74. The minimum absolute atomic E-state index is 0.0643. The second kappa shape index (κ2) is 9.49. The molecule has 5 rings (SSSR count). The Hall–Kier alpha value is -3.54. The van der Waals surface area contributed by atoms with Gasteiger partial charge in [0.2, 0.25) is 0 Å². The van der Waals surface area contributed by atoms with E-state index in [1.165, 1.54) is 16.7 Å². The van der Waals surface area contributed by atoms with E-state index in [0.29, 0.717) is 18.1 Å². The third-order valence-corrected chi connectivity index (χ3v) is 6.63. The number of imidazole rings is 1. The van der Waals surface area contributed by atoms with Crippen molar-refractivity contribution in [2.75, 3.05) is 13.1 Å². The summed E-state index contributed by atoms with van der Waals surface area (Å²) >= 11 is 0. The summed E-state index contributed by atoms with van der Waals surface area (Å²) < 4.78 is 35.4. The second-order valence-corrected chi connectivity index (χ2v) is 9.48. The van der Waals surface area contributed by atoms with Crippen molar-refractivity contribution < 1.29 is 23.1 Å². The van der Waals surface area contributed by atoms with E-state index in [2.05, 4.69) is 52.1 Å². The first-order valence-electron chi connectivity index (χ1n) is 11.4. The number of aryl methyl sites for hydroxylation is 3. The fraction of sp³-hybridized carbons (Fsp3) is 0.458. The molecule has 1 N–H and O–H groups in total. The zero-order chi connectivity index (χ0) is 26.3. The first-order chi connectivity index (χ1) is 16.9. The maximum absolute atomic E-state index is 13.1. The predicted octanol–water partition coefficient (Wildman–Crippen LogP) is 2.84. The maximum Gasteiger partial charge on any atom is 0.490 e. The molecule has 3 aromatic rings. The van der Waals surface area contributed by atoms with Crippen LogP contribution in [0.1, 0.15) is 35.4 Å². The van der Waals surface area contributed by atoms with Crippen LogP contribution in [0.15, 0.2) is 35.4 Å². The van der Waals surface area contributed by atoms with Crippen LogP contribution in [0.5, 0.6) is 0 Å². The van der Waals surface area contributed by atoms with Crippen LogP contribution in [0.3, 0.4) is 0 Å². The van der Waals surface area contributed by atoms with Gasteiger partial charge in [-0.15, -0.1) is 10.2 Å². The van der Waals surface area contributed by atoms with E-state index < -0.39 is 12.1 Å². The molecular formula is C24H27F3N6O3. The first kappa shape index (κ1) is 25.5. The molecule has 1 saturated heterocycles. The number of aromatic nitrogens is 5. The van der Waals surface area contributed by atoms with Gasteiger partial charge in [-0.25, -0.2) is 9.78 Å². The maximum atomic E-state index is 13.1. The number of hydrogen-bond acceptors (Lipinski definition) is 6. The van der Waals surface area contributed by atoms with Crippen LogP contribution in [0.2, 0.25) is 0 Å². The molecule has 9 nitrogen and oxygen atoms in total. The first-order valence-corrected chi connectivity index (χ1v) is 11.4. The number of nitrogens with zero attached hydrogens (tertiary/aromatic N) is 6. The summed E-state index contributed by atoms with van der Waals surface area (Å²) in [5, 5.41) is 16.0. The molecule has 1 fully saturated rings. The number of alkyl halides is 3. The summed E-state index contributed by atoms with van der Waals surface area (Å²) in [6, 6.07) is 6.75. The van der Waals surface area contributed by atoms with Crippen LogP contribution >= 0.6 is 0 Å². The Bertz CT molecular complexity index is 1330. The van der Waals surface area contributed by atoms with Gasteiger partial charge in [-0.05, 0) is 38.8 Å². The Labute approximate surface area is 205 Å². The summed E-state index contributed by atoms with van der Waals surface area (Å²) in [6.07, 6.45) is 0.382. The van der Waals surface area contributed by atoms with Crippen LogP contribution in [0.4, 0.5) is 13.2 Å². The number of fused-ring (bicyclic) bond motifs is 2. The van der Waals surface area contributed by atoms with Crippen molar-refractivity contribution in [2.24, 2.45) is 7.05 Å². The molecule has 0 bridgehead atoms. The van der Waals surface area contributed by atoms with E-state index in [1.807, 2.05) is 22.4 Å². The molecule has 0 saturated carbocycles. The largest absolute Gasteiger partial charge is 0.490 e. The average Bonchev–Trinajstić information content (AvgIpc) is 3.48. The Balaban J connectivity index is 0.000000384. The van der Waals surface area contributed by atoms with Crippen molar-refractivity contribution in [3.63, 3.8) is 0 Å². The minimum atomic E-state index is -5.08. The van der Waals surface area contributed by atoms with Crippen LogP contribution in [-0.4, -0.2) is 59.6 Å². The monoisotopic (exact) mass is 504 g/mol. The molecule has 1 unspecified atom stereocenters. The van der Waals surface area contributed by atoms with Crippen LogP contribution < -0.4 is 5.56 Å². The third kappa shape index (κ3) is 5.03. The van der Waals surface area contributed by atoms with Gasteiger partial charge in [-0.2, -0.15) is 13.2 Å². The highest BCUT2D eigenvalue weighted by Gasteiger charge is 2.47. The molecule has 0 radical (unpaired) electrons. The lowest BCUT2D eigenvalue weighted by Crippen LogP contribution is -2.33. The highest BCUT2D eigenvalue weighted by atomic mass is 19.4. The van der Waals surface area contributed by atoms with E-state index >= 15 is 0 Å². The standard InChI is InChI=1S/C22H26N6O.C2HF3O2/c1-15-10-16(2)12-17(11-15)13-27-7-4-22(14-27)5-8-28-20(29)18(24-25-21(22)28)19-23-6-9-26(19)3;3-2(4,5)1(6)7/h6,9-12H,4-5,7-8,13-14H2,1-3H3;(H,6,7). The molecule has 1 atom stereocenters.